The van der Waals surface area contributed by atoms with Gasteiger partial charge in [0.25, 0.3) is 0 Å². The number of hydrogen-bond donors (Lipinski definition) is 2. The van der Waals surface area contributed by atoms with E-state index in [0.29, 0.717) is 0 Å². The number of rotatable bonds is 3. The number of para-hydroxylation sites is 1. The third-order valence-corrected chi connectivity index (χ3v) is 3.67. The number of methoxy groups -OCH3 is 1. The fourth-order valence-corrected chi connectivity index (χ4v) is 2.30. The second-order valence-electron chi connectivity index (χ2n) is 4.55. The number of pyridine rings is 1. The third kappa shape index (κ3) is 2.21. The minimum absolute atomic E-state index is 0.509. The van der Waals surface area contributed by atoms with Crippen LogP contribution < -0.4 is 11.3 Å². The summed E-state index contributed by atoms with van der Waals surface area (Å²) in [5.74, 6) is 5.57. The fourth-order valence-electron chi connectivity index (χ4n) is 1.83. The van der Waals surface area contributed by atoms with Gasteiger partial charge in [-0.15, -0.1) is 0 Å². The molecule has 18 heavy (non-hydrogen) atoms. The van der Waals surface area contributed by atoms with E-state index in [-0.39, 0.29) is 0 Å². The molecule has 4 nitrogen and oxygen atoms in total. The number of halogens is 1. The predicted octanol–water partition coefficient (Wildman–Crippen LogP) is 3.16. The highest BCUT2D eigenvalue weighted by Gasteiger charge is 2.25. The fraction of sp³-hybridized carbons (Fsp3) is 0.308. The summed E-state index contributed by atoms with van der Waals surface area (Å²) >= 11 is 3.51. The van der Waals surface area contributed by atoms with Gasteiger partial charge >= 0.3 is 0 Å². The highest BCUT2D eigenvalue weighted by Crippen LogP contribution is 2.33. The molecule has 3 N–H and O–H groups in total. The van der Waals surface area contributed by atoms with Crippen molar-refractivity contribution in [2.24, 2.45) is 5.84 Å². The predicted molar refractivity (Wildman–Crippen MR) is 77.3 cm³/mol. The van der Waals surface area contributed by atoms with Crippen LogP contribution in [0.15, 0.2) is 28.7 Å². The average Bonchev–Trinajstić information content (AvgIpc) is 2.37. The SMILES string of the molecule is COC(C)(C)c1nc2c(Br)cccc2cc1NN. The van der Waals surface area contributed by atoms with Gasteiger partial charge in [-0.3, -0.25) is 5.84 Å². The first-order valence-electron chi connectivity index (χ1n) is 5.61. The topological polar surface area (TPSA) is 60.2 Å². The monoisotopic (exact) mass is 309 g/mol. The van der Waals surface area contributed by atoms with Crippen LogP contribution in [0.3, 0.4) is 0 Å². The van der Waals surface area contributed by atoms with E-state index in [1.54, 1.807) is 7.11 Å². The lowest BCUT2D eigenvalue weighted by Gasteiger charge is -2.25. The van der Waals surface area contributed by atoms with Gasteiger partial charge in [0.15, 0.2) is 0 Å². The van der Waals surface area contributed by atoms with E-state index in [1.165, 1.54) is 0 Å². The van der Waals surface area contributed by atoms with E-state index >= 15 is 0 Å². The summed E-state index contributed by atoms with van der Waals surface area (Å²) in [5, 5.41) is 1.02. The van der Waals surface area contributed by atoms with Gasteiger partial charge in [0.1, 0.15) is 5.60 Å². The summed E-state index contributed by atoms with van der Waals surface area (Å²) in [6.07, 6.45) is 0. The van der Waals surface area contributed by atoms with Crippen molar-refractivity contribution >= 4 is 32.5 Å². The largest absolute Gasteiger partial charge is 0.372 e. The zero-order valence-electron chi connectivity index (χ0n) is 10.6. The number of fused-ring (bicyclic) bond motifs is 1. The molecule has 1 aromatic carbocycles. The molecule has 0 fully saturated rings. The molecule has 0 unspecified atom stereocenters. The molecule has 1 aromatic heterocycles. The Morgan fingerprint density at radius 2 is 2.11 bits per heavy atom. The highest BCUT2D eigenvalue weighted by molar-refractivity contribution is 9.10. The lowest BCUT2D eigenvalue weighted by atomic mass is 10.0. The Morgan fingerprint density at radius 1 is 1.39 bits per heavy atom. The first kappa shape index (κ1) is 13.3. The van der Waals surface area contributed by atoms with Gasteiger partial charge < -0.3 is 10.2 Å². The van der Waals surface area contributed by atoms with E-state index in [9.17, 15) is 0 Å². The van der Waals surface area contributed by atoms with Crippen LogP contribution in [-0.4, -0.2) is 12.1 Å². The molecule has 1 heterocycles. The lowest BCUT2D eigenvalue weighted by molar-refractivity contribution is 0.0164. The van der Waals surface area contributed by atoms with Gasteiger partial charge in [0.05, 0.1) is 16.9 Å². The van der Waals surface area contributed by atoms with Crippen molar-refractivity contribution in [3.63, 3.8) is 0 Å². The lowest BCUT2D eigenvalue weighted by Crippen LogP contribution is -2.24. The Morgan fingerprint density at radius 3 is 2.72 bits per heavy atom. The van der Waals surface area contributed by atoms with Crippen molar-refractivity contribution in [3.8, 4) is 0 Å². The van der Waals surface area contributed by atoms with Crippen molar-refractivity contribution in [2.75, 3.05) is 12.5 Å². The van der Waals surface area contributed by atoms with Crippen molar-refractivity contribution in [2.45, 2.75) is 19.4 Å². The molecule has 0 aliphatic carbocycles. The van der Waals surface area contributed by atoms with E-state index in [4.69, 9.17) is 10.6 Å². The summed E-state index contributed by atoms with van der Waals surface area (Å²) in [6, 6.07) is 7.91. The molecule has 96 valence electrons. The standard InChI is InChI=1S/C13H16BrN3O/c1-13(2,18-3)12-10(17-15)7-8-5-4-6-9(14)11(8)16-12/h4-7,17H,15H2,1-3H3. The van der Waals surface area contributed by atoms with Gasteiger partial charge in [-0.25, -0.2) is 4.98 Å². The highest BCUT2D eigenvalue weighted by atomic mass is 79.9. The van der Waals surface area contributed by atoms with Gasteiger partial charge in [-0.1, -0.05) is 12.1 Å². The summed E-state index contributed by atoms with van der Waals surface area (Å²) in [7, 11) is 1.66. The molecule has 0 bridgehead atoms. The molecular weight excluding hydrogens is 294 g/mol. The van der Waals surface area contributed by atoms with E-state index in [0.717, 1.165) is 26.8 Å². The number of nitrogen functional groups attached to an aromatic ring is 1. The Bertz CT molecular complexity index is 584. The minimum atomic E-state index is -0.509. The molecule has 5 heteroatoms. The third-order valence-electron chi connectivity index (χ3n) is 3.03. The Balaban J connectivity index is 2.76. The molecule has 0 radical (unpaired) electrons. The molecule has 0 spiro atoms. The van der Waals surface area contributed by atoms with Crippen molar-refractivity contribution < 1.29 is 4.74 Å². The van der Waals surface area contributed by atoms with Crippen molar-refractivity contribution in [1.82, 2.24) is 4.98 Å². The number of ether oxygens (including phenoxy) is 1. The second-order valence-corrected chi connectivity index (χ2v) is 5.41. The van der Waals surface area contributed by atoms with Crippen LogP contribution in [0.4, 0.5) is 5.69 Å². The first-order chi connectivity index (χ1) is 8.49. The Labute approximate surface area is 115 Å². The molecule has 0 aliphatic heterocycles. The average molecular weight is 310 g/mol. The van der Waals surface area contributed by atoms with E-state index < -0.39 is 5.60 Å². The maximum atomic E-state index is 5.57. The summed E-state index contributed by atoms with van der Waals surface area (Å²) in [6.45, 7) is 3.91. The number of benzene rings is 1. The summed E-state index contributed by atoms with van der Waals surface area (Å²) in [4.78, 5) is 4.67. The maximum Gasteiger partial charge on any atom is 0.106 e. The number of nitrogens with two attached hydrogens (primary N) is 1. The smallest absolute Gasteiger partial charge is 0.106 e. The molecule has 0 atom stereocenters. The quantitative estimate of drug-likeness (QED) is 0.675. The number of nitrogens with one attached hydrogen (secondary N) is 1. The van der Waals surface area contributed by atoms with Crippen LogP contribution in [0.1, 0.15) is 19.5 Å². The molecule has 2 aromatic rings. The van der Waals surface area contributed by atoms with Crippen LogP contribution >= 0.6 is 15.9 Å². The first-order valence-corrected chi connectivity index (χ1v) is 6.40. The van der Waals surface area contributed by atoms with Gasteiger partial charge in [0, 0.05) is 17.0 Å². The summed E-state index contributed by atoms with van der Waals surface area (Å²) in [5.41, 5.74) is 4.64. The molecule has 0 aliphatic rings. The van der Waals surface area contributed by atoms with Gasteiger partial charge in [-0.2, -0.15) is 0 Å². The molecule has 2 rings (SSSR count). The van der Waals surface area contributed by atoms with Gasteiger partial charge in [-0.05, 0) is 41.9 Å². The number of anilines is 1. The zero-order chi connectivity index (χ0) is 13.3. The minimum Gasteiger partial charge on any atom is -0.372 e. The van der Waals surface area contributed by atoms with Crippen molar-refractivity contribution in [3.05, 3.63) is 34.4 Å². The van der Waals surface area contributed by atoms with Gasteiger partial charge in [0.2, 0.25) is 0 Å². The number of nitrogens with zero attached hydrogens (tertiary/aromatic N) is 1. The van der Waals surface area contributed by atoms with Crippen molar-refractivity contribution in [1.29, 1.82) is 0 Å². The Kier molecular flexibility index (Phi) is 3.56. The van der Waals surface area contributed by atoms with E-state index in [2.05, 4.69) is 26.3 Å². The number of hydrazine groups is 1. The maximum absolute atomic E-state index is 5.57. The van der Waals surface area contributed by atoms with Crippen LogP contribution in [0.25, 0.3) is 10.9 Å². The zero-order valence-corrected chi connectivity index (χ0v) is 12.2. The normalized spacial score (nSPS) is 11.8. The van der Waals surface area contributed by atoms with Crippen LogP contribution in [0, 0.1) is 0 Å². The molecule has 0 amide bonds. The molecule has 0 saturated heterocycles. The van der Waals surface area contributed by atoms with Crippen LogP contribution in [0.2, 0.25) is 0 Å². The Hall–Kier alpha value is -1.17. The molecular formula is C13H16BrN3O. The number of aromatic nitrogens is 1. The molecule has 0 saturated carbocycles. The van der Waals surface area contributed by atoms with E-state index in [1.807, 2.05) is 38.1 Å². The van der Waals surface area contributed by atoms with Crippen LogP contribution in [0.5, 0.6) is 0 Å². The van der Waals surface area contributed by atoms with Crippen LogP contribution in [-0.2, 0) is 10.3 Å². The second kappa shape index (κ2) is 4.84. The summed E-state index contributed by atoms with van der Waals surface area (Å²) < 4.78 is 6.44. The number of hydrogen-bond acceptors (Lipinski definition) is 4.